The lowest BCUT2D eigenvalue weighted by molar-refractivity contribution is -0.145. The van der Waals surface area contributed by atoms with Crippen molar-refractivity contribution in [2.75, 3.05) is 13.2 Å². The Labute approximate surface area is 336 Å². The van der Waals surface area contributed by atoms with E-state index < -0.39 is 0 Å². The van der Waals surface area contributed by atoms with Crippen LogP contribution in [0.5, 0.6) is 0 Å². The molecule has 4 heterocycles. The van der Waals surface area contributed by atoms with Gasteiger partial charge in [0.1, 0.15) is 0 Å². The van der Waals surface area contributed by atoms with Crippen LogP contribution in [0.1, 0.15) is 140 Å². The van der Waals surface area contributed by atoms with Crippen LogP contribution in [-0.4, -0.2) is 35.1 Å². The van der Waals surface area contributed by atoms with E-state index in [1.54, 1.807) is 11.1 Å². The largest absolute Gasteiger partial charge is 0.466 e. The average molecular weight is 759 g/mol. The van der Waals surface area contributed by atoms with Gasteiger partial charge in [0.15, 0.2) is 0 Å². The van der Waals surface area contributed by atoms with E-state index in [4.69, 9.17) is 9.47 Å². The predicted molar refractivity (Wildman–Crippen MR) is 221 cm³/mol. The minimum absolute atomic E-state index is 0.0181. The number of carbonyl (C=O) groups excluding carboxylic acids is 2. The van der Waals surface area contributed by atoms with E-state index in [-0.39, 0.29) is 33.6 Å². The van der Waals surface area contributed by atoms with Crippen molar-refractivity contribution in [1.29, 1.82) is 0 Å². The molecule has 0 bridgehead atoms. The van der Waals surface area contributed by atoms with Crippen LogP contribution in [0.4, 0.5) is 0 Å². The Morgan fingerprint density at radius 3 is 1.68 bits per heavy atom. The summed E-state index contributed by atoms with van der Waals surface area (Å²) in [6.07, 6.45) is 28.9. The van der Waals surface area contributed by atoms with Gasteiger partial charge in [-0.15, -0.1) is 0 Å². The van der Waals surface area contributed by atoms with Crippen LogP contribution >= 0.6 is 0 Å². The smallest absolute Gasteiger partial charge is 0.306 e. The van der Waals surface area contributed by atoms with Crippen LogP contribution in [0.2, 0.25) is 0 Å². The Kier molecular flexibility index (Phi) is 9.71. The fourth-order valence-corrected chi connectivity index (χ4v) is 15.2. The second-order valence-electron chi connectivity index (χ2n) is 20.8. The number of hydrogen-bond donors (Lipinski definition) is 0. The lowest BCUT2D eigenvalue weighted by Gasteiger charge is -2.58. The van der Waals surface area contributed by atoms with Gasteiger partial charge in [-0.25, -0.2) is 0 Å². The molecular formula is C50H66N2O4. The number of cyclic esters (lactones) is 2. The van der Waals surface area contributed by atoms with Crippen molar-refractivity contribution >= 4 is 23.1 Å². The van der Waals surface area contributed by atoms with Gasteiger partial charge in [-0.2, -0.15) is 0 Å². The molecule has 56 heavy (non-hydrogen) atoms. The standard InChI is InChI=1S/2C25H33NO2/c1-16-12-17(14-26-13-16)20-6-7-21-19-5-4-18-15-28-23(27)9-11-24(18,2)22(19)8-10-25(20,21)3;1-16-12-17(15-26-14-16)20-6-7-21-19-5-4-18-13-23(27)28-11-10-24(18,2)22(19)8-9-25(20,21)3/h6,12-14,18-19,21-22H,4-5,7-11,15H2,1-3H3;6,12,14-15,18-19,21-22H,4-5,7-11,13H2,1-3H3/t2*18-,19-,21-,22-,24-,25+/m00/s1. The van der Waals surface area contributed by atoms with Crippen LogP contribution in [-0.2, 0) is 19.1 Å². The summed E-state index contributed by atoms with van der Waals surface area (Å²) in [5.74, 6) is 5.62. The molecule has 6 heteroatoms. The maximum atomic E-state index is 12.1. The van der Waals surface area contributed by atoms with E-state index in [1.807, 2.05) is 12.4 Å². The van der Waals surface area contributed by atoms with Gasteiger partial charge in [-0.05, 0) is 205 Å². The highest BCUT2D eigenvalue weighted by molar-refractivity contribution is 5.74. The number of hydrogen-bond acceptors (Lipinski definition) is 6. The van der Waals surface area contributed by atoms with Gasteiger partial charge >= 0.3 is 11.9 Å². The molecule has 8 aliphatic rings. The molecule has 4 saturated carbocycles. The summed E-state index contributed by atoms with van der Waals surface area (Å²) in [5.41, 5.74) is 9.32. The first kappa shape index (κ1) is 38.2. The van der Waals surface area contributed by atoms with Crippen LogP contribution in [0.3, 0.4) is 0 Å². The minimum Gasteiger partial charge on any atom is -0.466 e. The normalized spacial score (nSPS) is 42.5. The molecule has 6 aliphatic carbocycles. The van der Waals surface area contributed by atoms with Crippen molar-refractivity contribution in [3.63, 3.8) is 0 Å². The molecule has 2 aromatic rings. The van der Waals surface area contributed by atoms with Crippen molar-refractivity contribution in [1.82, 2.24) is 9.97 Å². The molecule has 0 N–H and O–H groups in total. The number of aromatic nitrogens is 2. The maximum Gasteiger partial charge on any atom is 0.306 e. The monoisotopic (exact) mass is 759 g/mol. The number of aryl methyl sites for hydroxylation is 2. The lowest BCUT2D eigenvalue weighted by atomic mass is 9.46. The number of esters is 2. The molecule has 6 nitrogen and oxygen atoms in total. The van der Waals surface area contributed by atoms with Crippen LogP contribution in [0.15, 0.2) is 49.1 Å². The number of ether oxygens (including phenoxy) is 2. The molecule has 300 valence electrons. The highest BCUT2D eigenvalue weighted by Gasteiger charge is 2.60. The highest BCUT2D eigenvalue weighted by Crippen LogP contribution is 2.68. The Bertz CT molecular complexity index is 1840. The minimum atomic E-state index is 0.0181. The van der Waals surface area contributed by atoms with Crippen molar-refractivity contribution < 1.29 is 19.1 Å². The summed E-state index contributed by atoms with van der Waals surface area (Å²) < 4.78 is 11.0. The first-order valence-corrected chi connectivity index (χ1v) is 22.4. The second-order valence-corrected chi connectivity index (χ2v) is 20.8. The van der Waals surface area contributed by atoms with E-state index in [1.165, 1.54) is 86.5 Å². The van der Waals surface area contributed by atoms with E-state index in [9.17, 15) is 9.59 Å². The topological polar surface area (TPSA) is 78.4 Å². The molecule has 2 saturated heterocycles. The Balaban J connectivity index is 0.000000146. The Hall–Kier alpha value is -3.28. The van der Waals surface area contributed by atoms with Crippen LogP contribution in [0.25, 0.3) is 11.1 Å². The highest BCUT2D eigenvalue weighted by atomic mass is 16.5. The van der Waals surface area contributed by atoms with Crippen LogP contribution in [0, 0.1) is 82.9 Å². The number of carbonyl (C=O) groups is 2. The van der Waals surface area contributed by atoms with Gasteiger partial charge < -0.3 is 9.47 Å². The van der Waals surface area contributed by atoms with E-state index >= 15 is 0 Å². The molecule has 10 rings (SSSR count). The molecule has 0 spiro atoms. The van der Waals surface area contributed by atoms with Gasteiger partial charge in [-0.1, -0.05) is 39.8 Å². The molecule has 0 amide bonds. The van der Waals surface area contributed by atoms with Gasteiger partial charge in [0.25, 0.3) is 0 Å². The SMILES string of the molecule is Cc1cncc(C2=CC[C@H]3[C@@H]4CC[C@H]5CC(=O)OCC[C@]5(C)[C@H]4CC[C@]23C)c1.Cc1cncc(C2=CC[C@H]3[C@@H]4CC[C@H]5COC(=O)CC[C@]5(C)[C@H]4CC[C@]23C)c1. The fourth-order valence-electron chi connectivity index (χ4n) is 15.2. The average Bonchev–Trinajstić information content (AvgIpc) is 3.61. The second kappa shape index (κ2) is 14.2. The molecule has 12 atom stereocenters. The number of fused-ring (bicyclic) bond motifs is 10. The molecular weight excluding hydrogens is 693 g/mol. The number of nitrogens with zero attached hydrogens (tertiary/aromatic N) is 2. The lowest BCUT2D eigenvalue weighted by Crippen LogP contribution is -2.51. The first-order chi connectivity index (χ1) is 26.8. The third-order valence-corrected chi connectivity index (χ3v) is 18.3. The third-order valence-electron chi connectivity index (χ3n) is 18.3. The zero-order valence-electron chi connectivity index (χ0n) is 35.1. The van der Waals surface area contributed by atoms with Crippen molar-refractivity contribution in [3.8, 4) is 0 Å². The van der Waals surface area contributed by atoms with Gasteiger partial charge in [0.05, 0.1) is 13.2 Å². The number of pyridine rings is 2. The van der Waals surface area contributed by atoms with Crippen molar-refractivity contribution in [2.45, 2.75) is 131 Å². The van der Waals surface area contributed by atoms with Gasteiger partial charge in [0, 0.05) is 37.6 Å². The quantitative estimate of drug-likeness (QED) is 0.284. The van der Waals surface area contributed by atoms with E-state index in [2.05, 4.69) is 88.2 Å². The summed E-state index contributed by atoms with van der Waals surface area (Å²) in [7, 11) is 0. The Morgan fingerprint density at radius 2 is 1.12 bits per heavy atom. The van der Waals surface area contributed by atoms with Crippen molar-refractivity contribution in [2.24, 2.45) is 69.0 Å². The zero-order chi connectivity index (χ0) is 39.0. The summed E-state index contributed by atoms with van der Waals surface area (Å²) in [5, 5.41) is 0. The summed E-state index contributed by atoms with van der Waals surface area (Å²) >= 11 is 0. The number of rotatable bonds is 2. The Morgan fingerprint density at radius 1 is 0.589 bits per heavy atom. The van der Waals surface area contributed by atoms with Crippen molar-refractivity contribution in [3.05, 3.63) is 71.3 Å². The van der Waals surface area contributed by atoms with E-state index in [0.29, 0.717) is 37.9 Å². The summed E-state index contributed by atoms with van der Waals surface area (Å²) in [6.45, 7) is 15.5. The number of allylic oxidation sites excluding steroid dienone is 4. The maximum absolute atomic E-state index is 12.1. The van der Waals surface area contributed by atoms with E-state index in [0.717, 1.165) is 48.3 Å². The third kappa shape index (κ3) is 6.16. The van der Waals surface area contributed by atoms with Crippen LogP contribution < -0.4 is 0 Å². The molecule has 6 fully saturated rings. The molecule has 0 unspecified atom stereocenters. The summed E-state index contributed by atoms with van der Waals surface area (Å²) in [4.78, 5) is 33.0. The molecule has 2 aromatic heterocycles. The molecule has 0 aromatic carbocycles. The molecule has 2 aliphatic heterocycles. The molecule has 0 radical (unpaired) electrons. The van der Waals surface area contributed by atoms with Gasteiger partial charge in [-0.3, -0.25) is 19.6 Å². The van der Waals surface area contributed by atoms with Gasteiger partial charge in [0.2, 0.25) is 0 Å². The zero-order valence-corrected chi connectivity index (χ0v) is 35.1. The fraction of sp³-hybridized carbons (Fsp3) is 0.680. The predicted octanol–water partition coefficient (Wildman–Crippen LogP) is 11.2. The summed E-state index contributed by atoms with van der Waals surface area (Å²) in [6, 6.07) is 4.62. The first-order valence-electron chi connectivity index (χ1n) is 22.4.